The van der Waals surface area contributed by atoms with Gasteiger partial charge in [0, 0.05) is 22.2 Å². The summed E-state index contributed by atoms with van der Waals surface area (Å²) in [5, 5.41) is 11.7. The number of hydrogen-bond donors (Lipinski definition) is 2. The molecule has 0 aliphatic heterocycles. The van der Waals surface area contributed by atoms with Crippen LogP contribution < -0.4 is 5.43 Å². The Labute approximate surface area is 131 Å². The zero-order chi connectivity index (χ0) is 14.8. The number of halogens is 2. The molecule has 3 rings (SSSR count). The largest absolute Gasteiger partial charge is 0.291 e. The van der Waals surface area contributed by atoms with Crippen molar-refractivity contribution >= 4 is 35.3 Å². The quantitative estimate of drug-likeness (QED) is 0.669. The van der Waals surface area contributed by atoms with E-state index in [1.165, 1.54) is 6.21 Å². The summed E-state index contributed by atoms with van der Waals surface area (Å²) < 4.78 is 0. The van der Waals surface area contributed by atoms with E-state index in [2.05, 4.69) is 20.7 Å². The van der Waals surface area contributed by atoms with Gasteiger partial charge in [0.1, 0.15) is 0 Å². The van der Waals surface area contributed by atoms with Crippen molar-refractivity contribution in [1.29, 1.82) is 0 Å². The summed E-state index contributed by atoms with van der Waals surface area (Å²) in [5.41, 5.74) is 4.42. The van der Waals surface area contributed by atoms with Gasteiger partial charge in [0.15, 0.2) is 5.69 Å². The molecule has 2 aromatic rings. The lowest BCUT2D eigenvalue weighted by Gasteiger charge is -1.98. The predicted octanol–water partition coefficient (Wildman–Crippen LogP) is 3.36. The summed E-state index contributed by atoms with van der Waals surface area (Å²) >= 11 is 11.8. The molecule has 108 valence electrons. The van der Waals surface area contributed by atoms with Crippen molar-refractivity contribution in [2.45, 2.75) is 18.8 Å². The third-order valence-electron chi connectivity index (χ3n) is 3.18. The molecule has 0 spiro atoms. The molecule has 1 aliphatic carbocycles. The average molecular weight is 323 g/mol. The lowest BCUT2D eigenvalue weighted by Crippen LogP contribution is -2.18. The van der Waals surface area contributed by atoms with Crippen LogP contribution in [0.5, 0.6) is 0 Å². The average Bonchev–Trinajstić information content (AvgIpc) is 3.18. The molecule has 1 saturated carbocycles. The van der Waals surface area contributed by atoms with Crippen LogP contribution in [0, 0.1) is 0 Å². The van der Waals surface area contributed by atoms with E-state index in [1.807, 2.05) is 0 Å². The van der Waals surface area contributed by atoms with Crippen molar-refractivity contribution < 1.29 is 4.79 Å². The molecule has 7 heteroatoms. The van der Waals surface area contributed by atoms with Crippen LogP contribution in [0.1, 0.15) is 40.5 Å². The highest BCUT2D eigenvalue weighted by molar-refractivity contribution is 6.36. The van der Waals surface area contributed by atoms with E-state index in [0.29, 0.717) is 27.2 Å². The van der Waals surface area contributed by atoms with Crippen LogP contribution in [0.25, 0.3) is 0 Å². The molecule has 21 heavy (non-hydrogen) atoms. The molecule has 1 aromatic heterocycles. The summed E-state index contributed by atoms with van der Waals surface area (Å²) in [6.45, 7) is 0. The molecule has 0 bridgehead atoms. The lowest BCUT2D eigenvalue weighted by molar-refractivity contribution is 0.0950. The molecule has 1 amide bonds. The van der Waals surface area contributed by atoms with Crippen LogP contribution in [0.2, 0.25) is 10.0 Å². The second-order valence-electron chi connectivity index (χ2n) is 4.85. The summed E-state index contributed by atoms with van der Waals surface area (Å²) in [4.78, 5) is 11.9. The Morgan fingerprint density at radius 3 is 2.90 bits per heavy atom. The molecule has 0 unspecified atom stereocenters. The minimum Gasteiger partial charge on any atom is -0.281 e. The number of carbonyl (C=O) groups is 1. The van der Waals surface area contributed by atoms with E-state index >= 15 is 0 Å². The molecule has 1 heterocycles. The maximum atomic E-state index is 11.9. The molecule has 2 N–H and O–H groups in total. The number of benzene rings is 1. The van der Waals surface area contributed by atoms with E-state index in [-0.39, 0.29) is 5.91 Å². The Morgan fingerprint density at radius 2 is 2.19 bits per heavy atom. The highest BCUT2D eigenvalue weighted by Gasteiger charge is 2.26. The number of hydrogen-bond acceptors (Lipinski definition) is 3. The zero-order valence-electron chi connectivity index (χ0n) is 10.9. The molecule has 0 atom stereocenters. The number of aromatic nitrogens is 2. The molecule has 0 saturated heterocycles. The van der Waals surface area contributed by atoms with E-state index in [4.69, 9.17) is 23.2 Å². The minimum atomic E-state index is -0.362. The summed E-state index contributed by atoms with van der Waals surface area (Å²) in [7, 11) is 0. The Kier molecular flexibility index (Phi) is 3.94. The minimum absolute atomic E-state index is 0.330. The number of aromatic amines is 1. The molecule has 5 nitrogen and oxygen atoms in total. The van der Waals surface area contributed by atoms with Gasteiger partial charge in [-0.3, -0.25) is 9.89 Å². The first kappa shape index (κ1) is 14.1. The van der Waals surface area contributed by atoms with Crippen LogP contribution in [-0.2, 0) is 0 Å². The fraction of sp³-hybridized carbons (Fsp3) is 0.214. The van der Waals surface area contributed by atoms with Crippen LogP contribution in [0.4, 0.5) is 0 Å². The van der Waals surface area contributed by atoms with Crippen LogP contribution in [0.15, 0.2) is 29.4 Å². The Hall–Kier alpha value is -1.85. The number of carbonyl (C=O) groups excluding carboxylic acids is 1. The number of H-pyrrole nitrogens is 1. The Balaban J connectivity index is 1.62. The van der Waals surface area contributed by atoms with Gasteiger partial charge >= 0.3 is 0 Å². The number of rotatable bonds is 4. The topological polar surface area (TPSA) is 70.1 Å². The van der Waals surface area contributed by atoms with Crippen LogP contribution in [0.3, 0.4) is 0 Å². The van der Waals surface area contributed by atoms with E-state index in [0.717, 1.165) is 18.5 Å². The molecule has 1 aliphatic rings. The smallest absolute Gasteiger partial charge is 0.281 e. The van der Waals surface area contributed by atoms with Crippen molar-refractivity contribution in [1.82, 2.24) is 15.6 Å². The number of nitrogens with one attached hydrogen (secondary N) is 2. The molecular formula is C14H12Cl2N4O. The number of amides is 1. The first-order valence-electron chi connectivity index (χ1n) is 6.47. The zero-order valence-corrected chi connectivity index (χ0v) is 12.4. The first-order chi connectivity index (χ1) is 10.1. The van der Waals surface area contributed by atoms with Crippen molar-refractivity contribution in [2.75, 3.05) is 0 Å². The van der Waals surface area contributed by atoms with E-state index in [9.17, 15) is 4.79 Å². The van der Waals surface area contributed by atoms with Gasteiger partial charge in [-0.05, 0) is 31.0 Å². The lowest BCUT2D eigenvalue weighted by atomic mass is 10.2. The van der Waals surface area contributed by atoms with Gasteiger partial charge in [-0.15, -0.1) is 0 Å². The van der Waals surface area contributed by atoms with E-state index in [1.54, 1.807) is 24.3 Å². The van der Waals surface area contributed by atoms with Crippen molar-refractivity contribution in [3.8, 4) is 0 Å². The molecule has 0 radical (unpaired) electrons. The van der Waals surface area contributed by atoms with Crippen LogP contribution >= 0.6 is 23.2 Å². The van der Waals surface area contributed by atoms with Crippen molar-refractivity contribution in [2.24, 2.45) is 5.10 Å². The maximum absolute atomic E-state index is 11.9. The van der Waals surface area contributed by atoms with Crippen LogP contribution in [-0.4, -0.2) is 22.3 Å². The molecular weight excluding hydrogens is 311 g/mol. The van der Waals surface area contributed by atoms with Gasteiger partial charge in [0.2, 0.25) is 0 Å². The summed E-state index contributed by atoms with van der Waals surface area (Å²) in [6, 6.07) is 6.80. The Morgan fingerprint density at radius 1 is 1.38 bits per heavy atom. The first-order valence-corrected chi connectivity index (χ1v) is 7.23. The van der Waals surface area contributed by atoms with Gasteiger partial charge in [-0.2, -0.15) is 10.2 Å². The highest BCUT2D eigenvalue weighted by Crippen LogP contribution is 2.38. The summed E-state index contributed by atoms with van der Waals surface area (Å²) in [6.07, 6.45) is 3.76. The number of hydrazone groups is 1. The maximum Gasteiger partial charge on any atom is 0.291 e. The van der Waals surface area contributed by atoms with Crippen molar-refractivity contribution in [3.63, 3.8) is 0 Å². The summed E-state index contributed by atoms with van der Waals surface area (Å²) in [5.74, 6) is 0.162. The normalized spacial score (nSPS) is 14.6. The number of nitrogens with zero attached hydrogens (tertiary/aromatic N) is 2. The molecule has 1 fully saturated rings. The van der Waals surface area contributed by atoms with E-state index < -0.39 is 0 Å². The van der Waals surface area contributed by atoms with Gasteiger partial charge in [0.05, 0.1) is 11.2 Å². The second kappa shape index (κ2) is 5.87. The van der Waals surface area contributed by atoms with Gasteiger partial charge in [0.25, 0.3) is 5.91 Å². The predicted molar refractivity (Wildman–Crippen MR) is 82.1 cm³/mol. The molecule has 1 aromatic carbocycles. The third-order valence-corrected chi connectivity index (χ3v) is 3.74. The van der Waals surface area contributed by atoms with Gasteiger partial charge in [-0.1, -0.05) is 29.3 Å². The highest BCUT2D eigenvalue weighted by atomic mass is 35.5. The second-order valence-corrected chi connectivity index (χ2v) is 5.69. The van der Waals surface area contributed by atoms with Crippen molar-refractivity contribution in [3.05, 3.63) is 51.3 Å². The SMILES string of the molecule is O=C(N/N=C\c1ccc(Cl)cc1Cl)c1cc(C2CC2)[nH]n1. The van der Waals surface area contributed by atoms with Gasteiger partial charge < -0.3 is 0 Å². The third kappa shape index (κ3) is 3.43. The fourth-order valence-corrected chi connectivity index (χ4v) is 2.34. The Bertz CT molecular complexity index is 707. The van der Waals surface area contributed by atoms with Gasteiger partial charge in [-0.25, -0.2) is 5.43 Å². The standard InChI is InChI=1S/C14H12Cl2N4O/c15-10-4-3-9(11(16)5-10)7-17-20-14(21)13-6-12(18-19-13)8-1-2-8/h3-8H,1-2H2,(H,18,19)(H,20,21)/b17-7-. The monoisotopic (exact) mass is 322 g/mol. The fourth-order valence-electron chi connectivity index (χ4n) is 1.88.